The van der Waals surface area contributed by atoms with E-state index in [1.54, 1.807) is 13.0 Å². The molecule has 7 heteroatoms. The Morgan fingerprint density at radius 1 is 1.15 bits per heavy atom. The lowest BCUT2D eigenvalue weighted by Crippen LogP contribution is -2.51. The van der Waals surface area contributed by atoms with Gasteiger partial charge in [0.15, 0.2) is 5.60 Å². The SMILES string of the molecule is CCCCNOC(=O)C1(C)C=C(B2OC(C)(C)C(C)(C)O2)CC(C)(C)O1. The second-order valence-electron chi connectivity index (χ2n) is 9.09. The second-order valence-corrected chi connectivity index (χ2v) is 9.09. The van der Waals surface area contributed by atoms with E-state index in [1.165, 1.54) is 0 Å². The third-order valence-electron chi connectivity index (χ3n) is 5.34. The molecule has 6 nitrogen and oxygen atoms in total. The molecule has 2 aliphatic rings. The minimum Gasteiger partial charge on any atom is -0.400 e. The first-order valence-corrected chi connectivity index (χ1v) is 9.53. The molecule has 1 saturated heterocycles. The largest absolute Gasteiger partial charge is 0.490 e. The maximum Gasteiger partial charge on any atom is 0.490 e. The number of ether oxygens (including phenoxy) is 1. The van der Waals surface area contributed by atoms with Crippen LogP contribution in [0.3, 0.4) is 0 Å². The normalized spacial score (nSPS) is 29.4. The predicted molar refractivity (Wildman–Crippen MR) is 101 cm³/mol. The Balaban J connectivity index is 2.20. The molecule has 0 saturated carbocycles. The molecule has 26 heavy (non-hydrogen) atoms. The van der Waals surface area contributed by atoms with Gasteiger partial charge in [0.1, 0.15) is 0 Å². The number of hydroxylamine groups is 1. The van der Waals surface area contributed by atoms with Gasteiger partial charge in [-0.1, -0.05) is 13.3 Å². The van der Waals surface area contributed by atoms with Crippen LogP contribution in [0.2, 0.25) is 0 Å². The molecule has 1 unspecified atom stereocenters. The van der Waals surface area contributed by atoms with E-state index in [4.69, 9.17) is 18.9 Å². The summed E-state index contributed by atoms with van der Waals surface area (Å²) in [5.41, 5.74) is 1.04. The number of unbranched alkanes of at least 4 members (excludes halogenated alkanes) is 1. The summed E-state index contributed by atoms with van der Waals surface area (Å²) < 4.78 is 18.4. The van der Waals surface area contributed by atoms with Gasteiger partial charge in [-0.3, -0.25) is 0 Å². The van der Waals surface area contributed by atoms with Crippen LogP contribution in [0.1, 0.15) is 74.7 Å². The zero-order valence-corrected chi connectivity index (χ0v) is 17.5. The molecule has 0 amide bonds. The molecule has 2 heterocycles. The van der Waals surface area contributed by atoms with Crippen LogP contribution in [0.4, 0.5) is 0 Å². The Morgan fingerprint density at radius 3 is 2.27 bits per heavy atom. The molecule has 2 rings (SSSR count). The van der Waals surface area contributed by atoms with Crippen LogP contribution in [-0.4, -0.2) is 42.0 Å². The Kier molecular flexibility index (Phi) is 5.98. The third-order valence-corrected chi connectivity index (χ3v) is 5.34. The van der Waals surface area contributed by atoms with Crippen molar-refractivity contribution in [2.75, 3.05) is 6.54 Å². The van der Waals surface area contributed by atoms with E-state index < -0.39 is 35.5 Å². The second kappa shape index (κ2) is 7.26. The van der Waals surface area contributed by atoms with Crippen LogP contribution in [0, 0.1) is 0 Å². The molecule has 2 aliphatic heterocycles. The van der Waals surface area contributed by atoms with Gasteiger partial charge in [0.2, 0.25) is 0 Å². The van der Waals surface area contributed by atoms with Gasteiger partial charge in [-0.05, 0) is 72.9 Å². The van der Waals surface area contributed by atoms with Crippen LogP contribution in [0.15, 0.2) is 11.5 Å². The van der Waals surface area contributed by atoms with E-state index in [2.05, 4.69) is 12.4 Å². The molecule has 1 fully saturated rings. The molecule has 1 N–H and O–H groups in total. The molecule has 0 aromatic carbocycles. The lowest BCUT2D eigenvalue weighted by atomic mass is 9.69. The Labute approximate surface area is 158 Å². The van der Waals surface area contributed by atoms with E-state index >= 15 is 0 Å². The summed E-state index contributed by atoms with van der Waals surface area (Å²) in [5.74, 6) is -0.463. The third kappa shape index (κ3) is 4.50. The zero-order chi connectivity index (χ0) is 19.8. The average Bonchev–Trinajstić information content (AvgIpc) is 2.70. The van der Waals surface area contributed by atoms with Gasteiger partial charge in [-0.25, -0.2) is 4.79 Å². The van der Waals surface area contributed by atoms with Gasteiger partial charge in [-0.2, -0.15) is 5.48 Å². The van der Waals surface area contributed by atoms with Crippen LogP contribution >= 0.6 is 0 Å². The van der Waals surface area contributed by atoms with E-state index in [1.807, 2.05) is 41.5 Å². The van der Waals surface area contributed by atoms with E-state index in [-0.39, 0.29) is 0 Å². The fourth-order valence-corrected chi connectivity index (χ4v) is 3.25. The topological polar surface area (TPSA) is 66.0 Å². The first-order valence-electron chi connectivity index (χ1n) is 9.53. The van der Waals surface area contributed by atoms with Gasteiger partial charge >= 0.3 is 13.1 Å². The first kappa shape index (κ1) is 21.4. The van der Waals surface area contributed by atoms with Crippen molar-refractivity contribution in [2.45, 2.75) is 97.1 Å². The molecule has 0 bridgehead atoms. The smallest absolute Gasteiger partial charge is 0.400 e. The summed E-state index contributed by atoms with van der Waals surface area (Å²) in [6, 6.07) is 0. The highest BCUT2D eigenvalue weighted by Gasteiger charge is 2.55. The average molecular weight is 367 g/mol. The minimum absolute atomic E-state index is 0.431. The van der Waals surface area contributed by atoms with E-state index in [0.717, 1.165) is 18.3 Å². The van der Waals surface area contributed by atoms with Gasteiger partial charge in [0.05, 0.1) is 16.8 Å². The monoisotopic (exact) mass is 367 g/mol. The fourth-order valence-electron chi connectivity index (χ4n) is 3.25. The van der Waals surface area contributed by atoms with Crippen molar-refractivity contribution in [1.29, 1.82) is 0 Å². The summed E-state index contributed by atoms with van der Waals surface area (Å²) >= 11 is 0. The fraction of sp³-hybridized carbons (Fsp3) is 0.842. The van der Waals surface area contributed by atoms with Crippen molar-refractivity contribution < 1.29 is 23.7 Å². The van der Waals surface area contributed by atoms with Crippen LogP contribution < -0.4 is 5.48 Å². The highest BCUT2D eigenvalue weighted by atomic mass is 16.7. The van der Waals surface area contributed by atoms with Crippen molar-refractivity contribution in [3.63, 3.8) is 0 Å². The van der Waals surface area contributed by atoms with Crippen molar-refractivity contribution in [2.24, 2.45) is 0 Å². The van der Waals surface area contributed by atoms with Crippen LogP contribution in [0.25, 0.3) is 0 Å². The summed E-state index contributed by atoms with van der Waals surface area (Å²) in [5, 5.41) is 0. The van der Waals surface area contributed by atoms with Crippen molar-refractivity contribution in [3.8, 4) is 0 Å². The van der Waals surface area contributed by atoms with E-state index in [0.29, 0.717) is 13.0 Å². The predicted octanol–water partition coefficient (Wildman–Crippen LogP) is 3.35. The minimum atomic E-state index is -1.19. The van der Waals surface area contributed by atoms with Gasteiger partial charge in [-0.15, -0.1) is 0 Å². The highest BCUT2D eigenvalue weighted by Crippen LogP contribution is 2.43. The standard InChI is InChI=1S/C19H34BNO5/c1-9-10-11-21-23-15(22)19(8)13-14(12-16(2,3)24-19)20-25-17(4,5)18(6,7)26-20/h13,21H,9-12H2,1-8H3. The summed E-state index contributed by atoms with van der Waals surface area (Å²) in [6.45, 7) is 16.4. The molecule has 0 aromatic rings. The van der Waals surface area contributed by atoms with Gasteiger partial charge in [0, 0.05) is 6.54 Å². The first-order chi connectivity index (χ1) is 11.8. The molecule has 0 spiro atoms. The maximum absolute atomic E-state index is 12.7. The number of hydrogen-bond acceptors (Lipinski definition) is 6. The maximum atomic E-state index is 12.7. The number of hydrogen-bond donors (Lipinski definition) is 1. The lowest BCUT2D eigenvalue weighted by Gasteiger charge is -2.40. The van der Waals surface area contributed by atoms with Crippen molar-refractivity contribution in [3.05, 3.63) is 11.5 Å². The molecule has 0 aliphatic carbocycles. The molecular formula is C19H34BNO5. The molecular weight excluding hydrogens is 333 g/mol. The molecule has 148 valence electrons. The summed E-state index contributed by atoms with van der Waals surface area (Å²) in [6.07, 6.45) is 4.38. The van der Waals surface area contributed by atoms with Gasteiger partial charge < -0.3 is 18.9 Å². The quantitative estimate of drug-likeness (QED) is 0.441. The number of rotatable bonds is 6. The number of nitrogens with one attached hydrogen (secondary N) is 1. The van der Waals surface area contributed by atoms with Gasteiger partial charge in [0.25, 0.3) is 0 Å². The highest BCUT2D eigenvalue weighted by molar-refractivity contribution is 6.54. The zero-order valence-electron chi connectivity index (χ0n) is 17.5. The molecule has 0 radical (unpaired) electrons. The number of carbonyl (C=O) groups is 1. The Morgan fingerprint density at radius 2 is 1.73 bits per heavy atom. The van der Waals surface area contributed by atoms with Crippen LogP contribution in [0.5, 0.6) is 0 Å². The summed E-state index contributed by atoms with van der Waals surface area (Å²) in [4.78, 5) is 17.9. The summed E-state index contributed by atoms with van der Waals surface area (Å²) in [7, 11) is -0.497. The molecule has 0 aromatic heterocycles. The number of carbonyl (C=O) groups excluding carboxylic acids is 1. The van der Waals surface area contributed by atoms with E-state index in [9.17, 15) is 4.79 Å². The lowest BCUT2D eigenvalue weighted by molar-refractivity contribution is -0.188. The Bertz CT molecular complexity index is 556. The molecule has 1 atom stereocenters. The van der Waals surface area contributed by atoms with Crippen molar-refractivity contribution in [1.82, 2.24) is 5.48 Å². The Hall–Kier alpha value is -0.885. The van der Waals surface area contributed by atoms with Crippen molar-refractivity contribution >= 4 is 13.1 Å². The van der Waals surface area contributed by atoms with Crippen LogP contribution in [-0.2, 0) is 23.7 Å².